The molecule has 410 valence electrons. The molecule has 0 aromatic heterocycles. The number of nitrogens with zero attached hydrogens (tertiary/aromatic N) is 4. The average Bonchev–Trinajstić information content (AvgIpc) is 4.30. The highest BCUT2D eigenvalue weighted by Crippen LogP contribution is 2.43. The lowest BCUT2D eigenvalue weighted by atomic mass is 9.88. The van der Waals surface area contributed by atoms with E-state index < -0.39 is 12.0 Å². The van der Waals surface area contributed by atoms with Gasteiger partial charge in [0.25, 0.3) is 17.7 Å². The normalized spacial score (nSPS) is 18.7. The molecule has 4 amide bonds. The quantitative estimate of drug-likeness (QED) is 0.0517. The number of hydrogen-bond donors (Lipinski definition) is 1. The molecule has 4 aromatic carbocycles. The van der Waals surface area contributed by atoms with Crippen LogP contribution in [0.2, 0.25) is 0 Å². The SMILES string of the molecule is COc1ccc(C2=CC3C(=O)c4cc(C)c(OCCCOc5cc6c(cc5OC)C(=O)N5C=C(c7cccc(CC(=O)[C@H](C)NC(=O)[C@@H](CC(=O)CCCCCN8C(=O)C=CC8=O)C(C)C)c7)C[C@H]5C=N6)cc4N=C[C@@H]3C2)cc1. The third kappa shape index (κ3) is 12.7. The standard InChI is InChI=1S/C63H67N5O11/c1-37(2)49(30-47(69)14-8-7-9-21-67-59(71)19-20-60(67)72)62(74)66-39(4)55(70)26-40-12-10-13-42(25-40)45-28-46-35-65-54-33-58(57(77-6)31-52(54)63(75)68(46)36-45)79-23-11-22-78-56-32-53-51(24-38(56)3)61(73)50-29-43(27-44(50)34-64-53)41-15-17-48(76-5)18-16-41/h10,12-13,15-20,24-25,29,31-37,39,44,46,49-50H,7-9,11,14,21-23,26-28,30H2,1-6H3,(H,66,74)/t39-,44-,46-,49-,50?/m0/s1. The van der Waals surface area contributed by atoms with E-state index in [4.69, 9.17) is 28.9 Å². The molecule has 0 bridgehead atoms. The second kappa shape index (κ2) is 24.6. The second-order valence-electron chi connectivity index (χ2n) is 21.2. The third-order valence-electron chi connectivity index (χ3n) is 15.4. The number of fused-ring (bicyclic) bond motifs is 4. The molecule has 4 aliphatic heterocycles. The number of methoxy groups -OCH3 is 2. The maximum absolute atomic E-state index is 14.2. The minimum Gasteiger partial charge on any atom is -0.497 e. The zero-order valence-corrected chi connectivity index (χ0v) is 45.6. The molecule has 0 fully saturated rings. The van der Waals surface area contributed by atoms with Crippen LogP contribution < -0.4 is 24.3 Å². The summed E-state index contributed by atoms with van der Waals surface area (Å²) in [5, 5.41) is 2.86. The Morgan fingerprint density at radius 3 is 2.19 bits per heavy atom. The lowest BCUT2D eigenvalue weighted by Gasteiger charge is -2.22. The zero-order chi connectivity index (χ0) is 55.9. The highest BCUT2D eigenvalue weighted by atomic mass is 16.5. The molecule has 1 N–H and O–H groups in total. The molecule has 5 aliphatic rings. The highest BCUT2D eigenvalue weighted by molar-refractivity contribution is 6.13. The van der Waals surface area contributed by atoms with Crippen molar-refractivity contribution in [1.82, 2.24) is 15.1 Å². The van der Waals surface area contributed by atoms with E-state index in [1.54, 1.807) is 37.3 Å². The first-order valence-corrected chi connectivity index (χ1v) is 27.2. The Balaban J connectivity index is 0.747. The maximum atomic E-state index is 14.2. The number of hydrogen-bond acceptors (Lipinski definition) is 13. The Bertz CT molecular complexity index is 3210. The molecule has 0 radical (unpaired) electrons. The van der Waals surface area contributed by atoms with Gasteiger partial charge in [-0.1, -0.05) is 62.7 Å². The van der Waals surface area contributed by atoms with Crippen molar-refractivity contribution in [1.29, 1.82) is 0 Å². The first kappa shape index (κ1) is 55.5. The molecule has 16 heteroatoms. The Hall–Kier alpha value is -8.27. The lowest BCUT2D eigenvalue weighted by Crippen LogP contribution is -2.44. The van der Waals surface area contributed by atoms with Crippen molar-refractivity contribution in [2.75, 3.05) is 34.0 Å². The number of ketones is 3. The Kier molecular flexibility index (Phi) is 17.3. The summed E-state index contributed by atoms with van der Waals surface area (Å²) in [4.78, 5) is 104. The fourth-order valence-corrected chi connectivity index (χ4v) is 10.7. The molecular weight excluding hydrogens is 1000 g/mol. The van der Waals surface area contributed by atoms with Gasteiger partial charge in [-0.25, -0.2) is 0 Å². The van der Waals surface area contributed by atoms with Crippen molar-refractivity contribution >= 4 is 75.9 Å². The van der Waals surface area contributed by atoms with Crippen molar-refractivity contribution in [2.45, 2.75) is 97.6 Å². The topological polar surface area (TPSA) is 200 Å². The lowest BCUT2D eigenvalue weighted by molar-refractivity contribution is -0.137. The first-order valence-electron chi connectivity index (χ1n) is 27.2. The van der Waals surface area contributed by atoms with Crippen LogP contribution in [-0.2, 0) is 30.4 Å². The number of ether oxygens (including phenoxy) is 4. The third-order valence-corrected chi connectivity index (χ3v) is 15.4. The van der Waals surface area contributed by atoms with Crippen LogP contribution >= 0.6 is 0 Å². The second-order valence-corrected chi connectivity index (χ2v) is 21.2. The van der Waals surface area contributed by atoms with Crippen molar-refractivity contribution in [3.8, 4) is 23.0 Å². The molecule has 0 spiro atoms. The monoisotopic (exact) mass is 1070 g/mol. The van der Waals surface area contributed by atoms with Crippen LogP contribution in [0.4, 0.5) is 11.4 Å². The van der Waals surface area contributed by atoms with Crippen molar-refractivity contribution in [2.24, 2.45) is 33.7 Å². The number of benzene rings is 4. The smallest absolute Gasteiger partial charge is 0.260 e. The Morgan fingerprint density at radius 1 is 0.734 bits per heavy atom. The van der Waals surface area contributed by atoms with Gasteiger partial charge < -0.3 is 29.2 Å². The van der Waals surface area contributed by atoms with E-state index in [1.165, 1.54) is 24.2 Å². The van der Waals surface area contributed by atoms with Gasteiger partial charge >= 0.3 is 0 Å². The molecule has 9 rings (SSSR count). The van der Waals surface area contributed by atoms with Crippen LogP contribution in [0, 0.1) is 30.6 Å². The molecule has 1 unspecified atom stereocenters. The van der Waals surface area contributed by atoms with Crippen LogP contribution in [-0.4, -0.2) is 109 Å². The number of aliphatic imine (C=N–C) groups is 2. The maximum Gasteiger partial charge on any atom is 0.260 e. The summed E-state index contributed by atoms with van der Waals surface area (Å²) in [6, 6.07) is 21.4. The van der Waals surface area contributed by atoms with Gasteiger partial charge in [0.15, 0.2) is 23.1 Å². The average molecular weight is 1070 g/mol. The number of Topliss-reactive ketones (excluding diaryl/α,β-unsaturated/α-hetero) is 3. The summed E-state index contributed by atoms with van der Waals surface area (Å²) in [5.41, 5.74) is 7.55. The van der Waals surface area contributed by atoms with Gasteiger partial charge in [0.05, 0.1) is 56.5 Å². The molecular formula is C63H67N5O11. The van der Waals surface area contributed by atoms with Gasteiger partial charge in [0.1, 0.15) is 17.3 Å². The number of amides is 4. The Labute approximate surface area is 460 Å². The van der Waals surface area contributed by atoms with Gasteiger partial charge in [-0.2, -0.15) is 0 Å². The summed E-state index contributed by atoms with van der Waals surface area (Å²) < 4.78 is 23.4. The van der Waals surface area contributed by atoms with E-state index in [-0.39, 0.29) is 90.6 Å². The fraction of sp³-hybridized carbons (Fsp3) is 0.381. The number of nitrogens with one attached hydrogen (secondary N) is 1. The van der Waals surface area contributed by atoms with Crippen molar-refractivity contribution < 1.29 is 52.5 Å². The molecule has 0 saturated heterocycles. The van der Waals surface area contributed by atoms with Gasteiger partial charge in [-0.05, 0) is 96.7 Å². The Morgan fingerprint density at radius 2 is 1.46 bits per heavy atom. The molecule has 16 nitrogen and oxygen atoms in total. The highest BCUT2D eigenvalue weighted by Gasteiger charge is 2.37. The number of aryl methyl sites for hydroxylation is 1. The predicted molar refractivity (Wildman–Crippen MR) is 301 cm³/mol. The van der Waals surface area contributed by atoms with Gasteiger partial charge in [-0.15, -0.1) is 0 Å². The molecule has 5 atom stereocenters. The largest absolute Gasteiger partial charge is 0.497 e. The van der Waals surface area contributed by atoms with Crippen LogP contribution in [0.3, 0.4) is 0 Å². The summed E-state index contributed by atoms with van der Waals surface area (Å²) in [6.07, 6.45) is 14.1. The van der Waals surface area contributed by atoms with Gasteiger partial charge in [-0.3, -0.25) is 48.4 Å². The summed E-state index contributed by atoms with van der Waals surface area (Å²) in [6.45, 7) is 8.27. The number of imide groups is 1. The number of carbonyl (C=O) groups is 7. The number of allylic oxidation sites excluding steroid dienone is 2. The summed E-state index contributed by atoms with van der Waals surface area (Å²) in [5.74, 6) is -0.214. The minimum atomic E-state index is -0.793. The van der Waals surface area contributed by atoms with E-state index in [0.717, 1.165) is 45.6 Å². The number of carbonyl (C=O) groups excluding carboxylic acids is 7. The number of rotatable bonds is 24. The van der Waals surface area contributed by atoms with Gasteiger partial charge in [0.2, 0.25) is 5.91 Å². The van der Waals surface area contributed by atoms with Gasteiger partial charge in [0, 0.05) is 105 Å². The van der Waals surface area contributed by atoms with Crippen molar-refractivity contribution in [3.63, 3.8) is 0 Å². The van der Waals surface area contributed by atoms with Crippen LogP contribution in [0.25, 0.3) is 11.1 Å². The summed E-state index contributed by atoms with van der Waals surface area (Å²) >= 11 is 0. The van der Waals surface area contributed by atoms with Crippen LogP contribution in [0.5, 0.6) is 23.0 Å². The molecule has 4 aromatic rings. The van der Waals surface area contributed by atoms with E-state index in [0.29, 0.717) is 85.0 Å². The molecule has 79 heavy (non-hydrogen) atoms. The fourth-order valence-electron chi connectivity index (χ4n) is 10.7. The van der Waals surface area contributed by atoms with E-state index in [9.17, 15) is 33.6 Å². The minimum absolute atomic E-state index is 0.0298. The van der Waals surface area contributed by atoms with Crippen LogP contribution in [0.1, 0.15) is 115 Å². The predicted octanol–water partition coefficient (Wildman–Crippen LogP) is 9.78. The van der Waals surface area contributed by atoms with Crippen LogP contribution in [0.15, 0.2) is 107 Å². The molecule has 1 aliphatic carbocycles. The van der Waals surface area contributed by atoms with E-state index >= 15 is 0 Å². The number of unbranched alkanes of at least 4 members (excludes halogenated alkanes) is 2. The molecule has 0 saturated carbocycles. The van der Waals surface area contributed by atoms with Crippen molar-refractivity contribution in [3.05, 3.63) is 131 Å². The first-order chi connectivity index (χ1) is 38.1. The summed E-state index contributed by atoms with van der Waals surface area (Å²) in [7, 11) is 3.16. The van der Waals surface area contributed by atoms with E-state index in [2.05, 4.69) is 11.4 Å². The zero-order valence-electron chi connectivity index (χ0n) is 45.6. The molecule has 4 heterocycles. The van der Waals surface area contributed by atoms with E-state index in [1.807, 2.05) is 93.8 Å².